The Labute approximate surface area is 112 Å². The molecule has 0 fully saturated rings. The highest BCUT2D eigenvalue weighted by Crippen LogP contribution is 2.34. The SMILES string of the molecule is OC(c1ccc(F)cc1F)c1csc2ccccc12. The zero-order valence-electron chi connectivity index (χ0n) is 9.81. The van der Waals surface area contributed by atoms with Gasteiger partial charge in [0.2, 0.25) is 0 Å². The topological polar surface area (TPSA) is 20.2 Å². The van der Waals surface area contributed by atoms with Gasteiger partial charge in [0.05, 0.1) is 0 Å². The maximum Gasteiger partial charge on any atom is 0.132 e. The third-order valence-electron chi connectivity index (χ3n) is 3.06. The van der Waals surface area contributed by atoms with Crippen molar-refractivity contribution in [1.29, 1.82) is 0 Å². The summed E-state index contributed by atoms with van der Waals surface area (Å²) in [6.45, 7) is 0. The molecule has 1 atom stereocenters. The lowest BCUT2D eigenvalue weighted by Gasteiger charge is -2.11. The van der Waals surface area contributed by atoms with Crippen molar-refractivity contribution in [3.63, 3.8) is 0 Å². The van der Waals surface area contributed by atoms with E-state index in [4.69, 9.17) is 0 Å². The van der Waals surface area contributed by atoms with E-state index in [-0.39, 0.29) is 5.56 Å². The van der Waals surface area contributed by atoms with E-state index in [1.54, 1.807) is 5.38 Å². The van der Waals surface area contributed by atoms with Gasteiger partial charge in [0.15, 0.2) is 0 Å². The van der Waals surface area contributed by atoms with Crippen LogP contribution in [-0.2, 0) is 0 Å². The smallest absolute Gasteiger partial charge is 0.132 e. The number of fused-ring (bicyclic) bond motifs is 1. The number of benzene rings is 2. The molecular formula is C15H10F2OS. The molecule has 1 unspecified atom stereocenters. The van der Waals surface area contributed by atoms with Crippen molar-refractivity contribution in [2.24, 2.45) is 0 Å². The zero-order valence-corrected chi connectivity index (χ0v) is 10.6. The summed E-state index contributed by atoms with van der Waals surface area (Å²) in [4.78, 5) is 0. The molecule has 0 aliphatic carbocycles. The summed E-state index contributed by atoms with van der Waals surface area (Å²) in [5, 5.41) is 13.0. The highest BCUT2D eigenvalue weighted by molar-refractivity contribution is 7.17. The van der Waals surface area contributed by atoms with Gasteiger partial charge in [-0.05, 0) is 22.9 Å². The third kappa shape index (κ3) is 2.13. The van der Waals surface area contributed by atoms with E-state index in [1.165, 1.54) is 17.4 Å². The lowest BCUT2D eigenvalue weighted by molar-refractivity contribution is 0.216. The van der Waals surface area contributed by atoms with Crippen LogP contribution in [-0.4, -0.2) is 5.11 Å². The number of rotatable bonds is 2. The van der Waals surface area contributed by atoms with Crippen LogP contribution < -0.4 is 0 Å². The molecule has 0 radical (unpaired) electrons. The van der Waals surface area contributed by atoms with Crippen molar-refractivity contribution in [3.05, 3.63) is 70.6 Å². The molecule has 96 valence electrons. The number of thiophene rings is 1. The fraction of sp³-hybridized carbons (Fsp3) is 0.0667. The number of hydrogen-bond donors (Lipinski definition) is 1. The van der Waals surface area contributed by atoms with Crippen LogP contribution in [0.1, 0.15) is 17.2 Å². The fourth-order valence-electron chi connectivity index (χ4n) is 2.10. The molecule has 0 aliphatic rings. The molecule has 0 saturated heterocycles. The van der Waals surface area contributed by atoms with Crippen molar-refractivity contribution < 1.29 is 13.9 Å². The number of halogens is 2. The summed E-state index contributed by atoms with van der Waals surface area (Å²) in [6, 6.07) is 10.8. The second-order valence-corrected chi connectivity index (χ2v) is 5.17. The van der Waals surface area contributed by atoms with E-state index < -0.39 is 17.7 Å². The van der Waals surface area contributed by atoms with E-state index >= 15 is 0 Å². The molecule has 19 heavy (non-hydrogen) atoms. The minimum absolute atomic E-state index is 0.0879. The Balaban J connectivity index is 2.10. The molecule has 0 amide bonds. The minimum Gasteiger partial charge on any atom is -0.383 e. The Hall–Kier alpha value is -1.78. The van der Waals surface area contributed by atoms with Gasteiger partial charge in [-0.15, -0.1) is 11.3 Å². The molecule has 1 nitrogen and oxygen atoms in total. The number of hydrogen-bond acceptors (Lipinski definition) is 2. The van der Waals surface area contributed by atoms with Crippen molar-refractivity contribution in [3.8, 4) is 0 Å². The molecular weight excluding hydrogens is 266 g/mol. The maximum absolute atomic E-state index is 13.7. The first-order valence-electron chi connectivity index (χ1n) is 5.76. The quantitative estimate of drug-likeness (QED) is 0.741. The summed E-state index contributed by atoms with van der Waals surface area (Å²) in [6.07, 6.45) is -1.09. The summed E-state index contributed by atoms with van der Waals surface area (Å²) in [5.74, 6) is -1.38. The second kappa shape index (κ2) is 4.72. The van der Waals surface area contributed by atoms with E-state index in [0.29, 0.717) is 5.56 Å². The van der Waals surface area contributed by atoms with Gasteiger partial charge in [0.1, 0.15) is 17.7 Å². The molecule has 2 aromatic carbocycles. The van der Waals surface area contributed by atoms with Crippen LogP contribution in [0.4, 0.5) is 8.78 Å². The van der Waals surface area contributed by atoms with Crippen molar-refractivity contribution in [2.45, 2.75) is 6.10 Å². The lowest BCUT2D eigenvalue weighted by atomic mass is 10.0. The van der Waals surface area contributed by atoms with Crippen molar-refractivity contribution in [1.82, 2.24) is 0 Å². The van der Waals surface area contributed by atoms with Crippen molar-refractivity contribution in [2.75, 3.05) is 0 Å². The molecule has 0 spiro atoms. The zero-order chi connectivity index (χ0) is 13.4. The van der Waals surface area contributed by atoms with Gasteiger partial charge in [-0.1, -0.05) is 24.3 Å². The molecule has 4 heteroatoms. The molecule has 3 aromatic rings. The van der Waals surface area contributed by atoms with E-state index in [0.717, 1.165) is 22.2 Å². The van der Waals surface area contributed by atoms with Crippen LogP contribution in [0.25, 0.3) is 10.1 Å². The molecule has 1 aromatic heterocycles. The Morgan fingerprint density at radius 3 is 2.58 bits per heavy atom. The van der Waals surface area contributed by atoms with Gasteiger partial charge in [0.25, 0.3) is 0 Å². The van der Waals surface area contributed by atoms with Gasteiger partial charge < -0.3 is 5.11 Å². The summed E-state index contributed by atoms with van der Waals surface area (Å²) >= 11 is 1.49. The first kappa shape index (κ1) is 12.3. The van der Waals surface area contributed by atoms with Gasteiger partial charge in [-0.25, -0.2) is 8.78 Å². The average molecular weight is 276 g/mol. The van der Waals surface area contributed by atoms with Gasteiger partial charge in [-0.2, -0.15) is 0 Å². The average Bonchev–Trinajstić information content (AvgIpc) is 2.82. The highest BCUT2D eigenvalue weighted by Gasteiger charge is 2.18. The Morgan fingerprint density at radius 1 is 1.00 bits per heavy atom. The molecule has 0 bridgehead atoms. The van der Waals surface area contributed by atoms with E-state index in [1.807, 2.05) is 24.3 Å². The summed E-state index contributed by atoms with van der Waals surface area (Å²) < 4.78 is 27.6. The molecule has 3 rings (SSSR count). The van der Waals surface area contributed by atoms with E-state index in [2.05, 4.69) is 0 Å². The molecule has 1 heterocycles. The Kier molecular flexibility index (Phi) is 3.05. The predicted molar refractivity (Wildman–Crippen MR) is 72.2 cm³/mol. The maximum atomic E-state index is 13.7. The predicted octanol–water partition coefficient (Wildman–Crippen LogP) is 4.26. The third-order valence-corrected chi connectivity index (χ3v) is 4.04. The van der Waals surface area contributed by atoms with Crippen LogP contribution in [0.2, 0.25) is 0 Å². The Bertz CT molecular complexity index is 736. The van der Waals surface area contributed by atoms with Crippen LogP contribution in [0.3, 0.4) is 0 Å². The minimum atomic E-state index is -1.09. The fourth-order valence-corrected chi connectivity index (χ4v) is 3.08. The Morgan fingerprint density at radius 2 is 1.79 bits per heavy atom. The number of aliphatic hydroxyl groups excluding tert-OH is 1. The van der Waals surface area contributed by atoms with Crippen molar-refractivity contribution >= 4 is 21.4 Å². The highest BCUT2D eigenvalue weighted by atomic mass is 32.1. The first-order chi connectivity index (χ1) is 9.16. The van der Waals surface area contributed by atoms with Gasteiger partial charge in [-0.3, -0.25) is 0 Å². The lowest BCUT2D eigenvalue weighted by Crippen LogP contribution is -2.02. The molecule has 0 aliphatic heterocycles. The van der Waals surface area contributed by atoms with Crippen LogP contribution in [0, 0.1) is 11.6 Å². The van der Waals surface area contributed by atoms with Gasteiger partial charge in [0, 0.05) is 21.9 Å². The second-order valence-electron chi connectivity index (χ2n) is 4.26. The first-order valence-corrected chi connectivity index (χ1v) is 6.64. The summed E-state index contributed by atoms with van der Waals surface area (Å²) in [5.41, 5.74) is 0.732. The van der Waals surface area contributed by atoms with Crippen LogP contribution >= 0.6 is 11.3 Å². The van der Waals surface area contributed by atoms with Crippen LogP contribution in [0.5, 0.6) is 0 Å². The molecule has 1 N–H and O–H groups in total. The van der Waals surface area contributed by atoms with Gasteiger partial charge >= 0.3 is 0 Å². The number of aliphatic hydroxyl groups is 1. The normalized spacial score (nSPS) is 12.8. The monoisotopic (exact) mass is 276 g/mol. The van der Waals surface area contributed by atoms with E-state index in [9.17, 15) is 13.9 Å². The standard InChI is InChI=1S/C15H10F2OS/c16-9-5-6-11(13(17)7-9)15(18)12-8-19-14-4-2-1-3-10(12)14/h1-8,15,18H. The summed E-state index contributed by atoms with van der Waals surface area (Å²) in [7, 11) is 0. The molecule has 0 saturated carbocycles. The largest absolute Gasteiger partial charge is 0.383 e. The van der Waals surface area contributed by atoms with Crippen LogP contribution in [0.15, 0.2) is 47.8 Å².